The predicted molar refractivity (Wildman–Crippen MR) is 99.4 cm³/mol. The summed E-state index contributed by atoms with van der Waals surface area (Å²) in [7, 11) is 0. The van der Waals surface area contributed by atoms with Crippen LogP contribution in [0.2, 0.25) is 0 Å². The number of hydrogen-bond donors (Lipinski definition) is 1. The van der Waals surface area contributed by atoms with E-state index < -0.39 is 0 Å². The van der Waals surface area contributed by atoms with Crippen molar-refractivity contribution in [3.63, 3.8) is 0 Å². The third-order valence-corrected chi connectivity index (χ3v) is 4.99. The summed E-state index contributed by atoms with van der Waals surface area (Å²) in [5.41, 5.74) is 0.714. The SMILES string of the molecule is CCOc1ccc(C(=O)N2CCC(Nc3nc(CC)ns3)CC2)cc1. The summed E-state index contributed by atoms with van der Waals surface area (Å²) >= 11 is 1.41. The molecule has 0 aliphatic carbocycles. The number of carbonyl (C=O) groups is 1. The summed E-state index contributed by atoms with van der Waals surface area (Å²) < 4.78 is 9.72. The number of benzene rings is 1. The van der Waals surface area contributed by atoms with E-state index in [0.717, 1.165) is 49.1 Å². The molecule has 1 aromatic heterocycles. The second-order valence-corrected chi connectivity index (χ2v) is 6.79. The van der Waals surface area contributed by atoms with Gasteiger partial charge in [-0.05, 0) is 44.0 Å². The monoisotopic (exact) mass is 360 g/mol. The van der Waals surface area contributed by atoms with E-state index in [1.54, 1.807) is 0 Å². The molecule has 1 saturated heterocycles. The lowest BCUT2D eigenvalue weighted by atomic mass is 10.0. The number of amides is 1. The molecule has 0 unspecified atom stereocenters. The molecule has 0 atom stereocenters. The Morgan fingerprint density at radius 1 is 1.28 bits per heavy atom. The molecule has 1 amide bonds. The maximum atomic E-state index is 12.6. The highest BCUT2D eigenvalue weighted by Crippen LogP contribution is 2.20. The van der Waals surface area contributed by atoms with Crippen LogP contribution in [0.1, 0.15) is 42.9 Å². The number of carbonyl (C=O) groups excluding carboxylic acids is 1. The third-order valence-electron chi connectivity index (χ3n) is 4.31. The van der Waals surface area contributed by atoms with Crippen LogP contribution in [0.4, 0.5) is 5.13 Å². The first-order valence-corrected chi connectivity index (χ1v) is 9.58. The summed E-state index contributed by atoms with van der Waals surface area (Å²) in [4.78, 5) is 19.0. The number of aromatic nitrogens is 2. The lowest BCUT2D eigenvalue weighted by Crippen LogP contribution is -2.42. The molecule has 1 N–H and O–H groups in total. The molecule has 1 aromatic carbocycles. The van der Waals surface area contributed by atoms with Gasteiger partial charge in [0.25, 0.3) is 5.91 Å². The number of nitrogens with one attached hydrogen (secondary N) is 1. The normalized spacial score (nSPS) is 15.2. The number of likely N-dealkylation sites (tertiary alicyclic amines) is 1. The molecule has 0 bridgehead atoms. The lowest BCUT2D eigenvalue weighted by Gasteiger charge is -2.32. The summed E-state index contributed by atoms with van der Waals surface area (Å²) in [5, 5.41) is 4.33. The van der Waals surface area contributed by atoms with Gasteiger partial charge in [-0.1, -0.05) is 6.92 Å². The molecular formula is C18H24N4O2S. The van der Waals surface area contributed by atoms with Gasteiger partial charge >= 0.3 is 0 Å². The van der Waals surface area contributed by atoms with Crippen LogP contribution >= 0.6 is 11.5 Å². The molecule has 1 aliphatic rings. The van der Waals surface area contributed by atoms with E-state index in [9.17, 15) is 4.79 Å². The lowest BCUT2D eigenvalue weighted by molar-refractivity contribution is 0.0718. The molecule has 7 heteroatoms. The minimum absolute atomic E-state index is 0.0886. The fourth-order valence-corrected chi connectivity index (χ4v) is 3.63. The number of anilines is 1. The maximum Gasteiger partial charge on any atom is 0.253 e. The number of piperidine rings is 1. The zero-order valence-electron chi connectivity index (χ0n) is 14.7. The molecule has 2 heterocycles. The molecule has 0 spiro atoms. The molecule has 3 rings (SSSR count). The molecule has 0 saturated carbocycles. The zero-order valence-corrected chi connectivity index (χ0v) is 15.5. The van der Waals surface area contributed by atoms with Crippen molar-refractivity contribution >= 4 is 22.6 Å². The number of ether oxygens (including phenoxy) is 1. The van der Waals surface area contributed by atoms with Crippen molar-refractivity contribution in [3.05, 3.63) is 35.7 Å². The van der Waals surface area contributed by atoms with Crippen molar-refractivity contribution < 1.29 is 9.53 Å². The van der Waals surface area contributed by atoms with Crippen molar-refractivity contribution in [2.75, 3.05) is 25.0 Å². The largest absolute Gasteiger partial charge is 0.494 e. The molecule has 1 fully saturated rings. The predicted octanol–water partition coefficient (Wildman–Crippen LogP) is 3.22. The van der Waals surface area contributed by atoms with Crippen LogP contribution < -0.4 is 10.1 Å². The highest BCUT2D eigenvalue weighted by Gasteiger charge is 2.24. The summed E-state index contributed by atoms with van der Waals surface area (Å²) in [6, 6.07) is 7.73. The fraction of sp³-hybridized carbons (Fsp3) is 0.500. The Morgan fingerprint density at radius 3 is 2.60 bits per heavy atom. The van der Waals surface area contributed by atoms with E-state index in [1.165, 1.54) is 11.5 Å². The van der Waals surface area contributed by atoms with Gasteiger partial charge in [0, 0.05) is 42.6 Å². The molecule has 25 heavy (non-hydrogen) atoms. The Hall–Kier alpha value is -2.15. The molecule has 1 aliphatic heterocycles. The maximum absolute atomic E-state index is 12.6. The standard InChI is InChI=1S/C18H24N4O2S/c1-3-16-20-18(25-21-16)19-14-9-11-22(12-10-14)17(23)13-5-7-15(8-6-13)24-4-2/h5-8,14H,3-4,9-12H2,1-2H3,(H,19,20,21). The average molecular weight is 360 g/mol. The second-order valence-electron chi connectivity index (χ2n) is 6.04. The van der Waals surface area contributed by atoms with E-state index >= 15 is 0 Å². The minimum Gasteiger partial charge on any atom is -0.494 e. The Balaban J connectivity index is 1.51. The topological polar surface area (TPSA) is 67.3 Å². The van der Waals surface area contributed by atoms with Crippen molar-refractivity contribution in [2.45, 2.75) is 39.2 Å². The van der Waals surface area contributed by atoms with Gasteiger partial charge in [-0.15, -0.1) is 0 Å². The van der Waals surface area contributed by atoms with Gasteiger partial charge < -0.3 is 15.0 Å². The summed E-state index contributed by atoms with van der Waals surface area (Å²) in [6.45, 7) is 6.13. The highest BCUT2D eigenvalue weighted by molar-refractivity contribution is 7.09. The average Bonchev–Trinajstić information content (AvgIpc) is 3.10. The van der Waals surface area contributed by atoms with Gasteiger partial charge in [0.15, 0.2) is 0 Å². The first-order valence-electron chi connectivity index (χ1n) is 8.80. The second kappa shape index (κ2) is 8.29. The third kappa shape index (κ3) is 4.48. The summed E-state index contributed by atoms with van der Waals surface area (Å²) in [5.74, 6) is 1.77. The number of rotatable bonds is 6. The molecule has 0 radical (unpaired) electrons. The minimum atomic E-state index is 0.0886. The van der Waals surface area contributed by atoms with Crippen LogP contribution in [-0.4, -0.2) is 45.9 Å². The Kier molecular flexibility index (Phi) is 5.86. The van der Waals surface area contributed by atoms with Crippen molar-refractivity contribution in [1.82, 2.24) is 14.3 Å². The van der Waals surface area contributed by atoms with E-state index in [1.807, 2.05) is 36.1 Å². The first-order chi connectivity index (χ1) is 12.2. The van der Waals surface area contributed by atoms with Crippen molar-refractivity contribution in [3.8, 4) is 5.75 Å². The van der Waals surface area contributed by atoms with Crippen LogP contribution in [0.25, 0.3) is 0 Å². The van der Waals surface area contributed by atoms with Crippen LogP contribution in [0.5, 0.6) is 5.75 Å². The van der Waals surface area contributed by atoms with Gasteiger partial charge in [-0.2, -0.15) is 4.37 Å². The van der Waals surface area contributed by atoms with Crippen LogP contribution in [-0.2, 0) is 6.42 Å². The zero-order chi connectivity index (χ0) is 17.6. The van der Waals surface area contributed by atoms with Crippen molar-refractivity contribution in [2.24, 2.45) is 0 Å². The van der Waals surface area contributed by atoms with Gasteiger partial charge in [0.05, 0.1) is 6.61 Å². The Morgan fingerprint density at radius 2 is 2.00 bits per heavy atom. The fourth-order valence-electron chi connectivity index (χ4n) is 2.90. The van der Waals surface area contributed by atoms with E-state index in [4.69, 9.17) is 4.74 Å². The molecular weight excluding hydrogens is 336 g/mol. The van der Waals surface area contributed by atoms with Gasteiger partial charge in [-0.25, -0.2) is 4.98 Å². The quantitative estimate of drug-likeness (QED) is 0.857. The van der Waals surface area contributed by atoms with Gasteiger partial charge in [0.2, 0.25) is 5.13 Å². The van der Waals surface area contributed by atoms with Crippen LogP contribution in [0.3, 0.4) is 0 Å². The number of nitrogens with zero attached hydrogens (tertiary/aromatic N) is 3. The Bertz CT molecular complexity index is 693. The summed E-state index contributed by atoms with van der Waals surface area (Å²) in [6.07, 6.45) is 2.70. The van der Waals surface area contributed by atoms with E-state index in [2.05, 4.69) is 21.6 Å². The number of aryl methyl sites for hydroxylation is 1. The van der Waals surface area contributed by atoms with Crippen molar-refractivity contribution in [1.29, 1.82) is 0 Å². The van der Waals surface area contributed by atoms with Gasteiger partial charge in [-0.3, -0.25) is 4.79 Å². The highest BCUT2D eigenvalue weighted by atomic mass is 32.1. The molecule has 134 valence electrons. The smallest absolute Gasteiger partial charge is 0.253 e. The molecule has 2 aromatic rings. The number of hydrogen-bond acceptors (Lipinski definition) is 6. The van der Waals surface area contributed by atoms with Crippen LogP contribution in [0.15, 0.2) is 24.3 Å². The molecule has 6 nitrogen and oxygen atoms in total. The van der Waals surface area contributed by atoms with Crippen LogP contribution in [0, 0.1) is 0 Å². The first kappa shape index (κ1) is 17.7. The van der Waals surface area contributed by atoms with E-state index in [-0.39, 0.29) is 5.91 Å². The van der Waals surface area contributed by atoms with Gasteiger partial charge in [0.1, 0.15) is 11.6 Å². The van der Waals surface area contributed by atoms with E-state index in [0.29, 0.717) is 18.2 Å². The Labute approximate surface area is 152 Å².